The number of esters is 2. The van der Waals surface area contributed by atoms with Crippen LogP contribution in [0, 0.1) is 0 Å². The van der Waals surface area contributed by atoms with Crippen LogP contribution in [0.2, 0.25) is 0 Å². The van der Waals surface area contributed by atoms with Crippen molar-refractivity contribution >= 4 is 34.7 Å². The Morgan fingerprint density at radius 2 is 1.61 bits per heavy atom. The molecular weight excluding hydrogens is 540 g/mol. The van der Waals surface area contributed by atoms with Gasteiger partial charge in [-0.05, 0) is 61.1 Å². The number of thioether (sulfide) groups is 1. The predicted octanol–water partition coefficient (Wildman–Crippen LogP) is 7.41. The highest BCUT2D eigenvalue weighted by Crippen LogP contribution is 2.40. The summed E-state index contributed by atoms with van der Waals surface area (Å²) in [6.07, 6.45) is 10.4. The average molecular weight is 583 g/mol. The number of aryl methyl sites for hydroxylation is 1. The highest BCUT2D eigenvalue weighted by Gasteiger charge is 2.23. The molecule has 8 heteroatoms. The first kappa shape index (κ1) is 32.4. The molecule has 2 unspecified atom stereocenters. The molecule has 0 radical (unpaired) electrons. The van der Waals surface area contributed by atoms with E-state index in [-0.39, 0.29) is 23.2 Å². The molecule has 1 N–H and O–H groups in total. The van der Waals surface area contributed by atoms with E-state index in [0.29, 0.717) is 23.8 Å². The number of aliphatic hydroxyl groups excluding tert-OH is 1. The van der Waals surface area contributed by atoms with Crippen molar-refractivity contribution in [2.24, 2.45) is 0 Å². The zero-order valence-corrected chi connectivity index (χ0v) is 25.2. The third-order valence-electron chi connectivity index (χ3n) is 7.21. The summed E-state index contributed by atoms with van der Waals surface area (Å²) in [6.45, 7) is 2.23. The smallest absolute Gasteiger partial charge is 0.351 e. The Morgan fingerprint density at radius 3 is 2.29 bits per heavy atom. The zero-order valence-electron chi connectivity index (χ0n) is 24.4. The fourth-order valence-corrected chi connectivity index (χ4v) is 6.03. The van der Waals surface area contributed by atoms with E-state index in [9.17, 15) is 19.5 Å². The monoisotopic (exact) mass is 582 g/mol. The Morgan fingerprint density at radius 1 is 0.902 bits per heavy atom. The van der Waals surface area contributed by atoms with Crippen molar-refractivity contribution in [3.63, 3.8) is 0 Å². The maximum absolute atomic E-state index is 12.2. The lowest BCUT2D eigenvalue weighted by Crippen LogP contribution is -2.17. The minimum absolute atomic E-state index is 0.168. The summed E-state index contributed by atoms with van der Waals surface area (Å²) in [6, 6.07) is 15.2. The lowest BCUT2D eigenvalue weighted by atomic mass is 9.99. The van der Waals surface area contributed by atoms with Crippen LogP contribution in [0.1, 0.15) is 97.9 Å². The van der Waals surface area contributed by atoms with Gasteiger partial charge in [0.15, 0.2) is 0 Å². The molecule has 3 aromatic rings. The molecule has 0 saturated carbocycles. The van der Waals surface area contributed by atoms with Crippen molar-refractivity contribution in [2.75, 3.05) is 14.2 Å². The Hall–Kier alpha value is -3.10. The summed E-state index contributed by atoms with van der Waals surface area (Å²) in [7, 11) is 2.57. The topological polar surface area (TPSA) is 103 Å². The summed E-state index contributed by atoms with van der Waals surface area (Å²) in [4.78, 5) is 36.6. The summed E-state index contributed by atoms with van der Waals surface area (Å²) in [5.74, 6) is -1.05. The normalized spacial score (nSPS) is 12.7. The third kappa shape index (κ3) is 10.0. The van der Waals surface area contributed by atoms with Gasteiger partial charge in [-0.2, -0.15) is 0 Å². The van der Waals surface area contributed by atoms with E-state index in [4.69, 9.17) is 13.9 Å². The Kier molecular flexibility index (Phi) is 13.4. The van der Waals surface area contributed by atoms with E-state index in [0.717, 1.165) is 16.9 Å². The molecule has 0 aliphatic heterocycles. The number of rotatable bonds is 17. The van der Waals surface area contributed by atoms with Gasteiger partial charge in [0.25, 0.3) is 0 Å². The van der Waals surface area contributed by atoms with Crippen LogP contribution >= 0.6 is 11.8 Å². The minimum Gasteiger partial charge on any atom is -0.469 e. The van der Waals surface area contributed by atoms with Crippen molar-refractivity contribution in [1.29, 1.82) is 0 Å². The molecule has 222 valence electrons. The molecular formula is C33H42O7S. The highest BCUT2D eigenvalue weighted by atomic mass is 32.2. The molecule has 41 heavy (non-hydrogen) atoms. The van der Waals surface area contributed by atoms with Crippen LogP contribution in [0.3, 0.4) is 0 Å². The highest BCUT2D eigenvalue weighted by molar-refractivity contribution is 7.99. The molecule has 0 fully saturated rings. The SMILES string of the molecule is CCCCCCCCCc1ccc(C(Sc2ccc3oc(=O)c(C(=O)OC)cc3c2)C(O)CCCC(=O)OC)cc1. The summed E-state index contributed by atoms with van der Waals surface area (Å²) < 4.78 is 14.8. The quantitative estimate of drug-likeness (QED) is 0.0760. The standard InChI is InChI=1S/C33H42O7S/c1-4-5-6-7-8-9-10-12-23-15-17-24(18-16-23)31(28(34)13-11-14-30(35)38-2)41-26-19-20-29-25(21-26)22-27(32(36)39-3)33(37)40-29/h15-22,28,31,34H,4-14H2,1-3H3. The number of unbranched alkanes of at least 4 members (excludes halogenated alkanes) is 6. The molecule has 3 rings (SSSR count). The average Bonchev–Trinajstić information content (AvgIpc) is 2.99. The van der Waals surface area contributed by atoms with Crippen LogP contribution in [-0.2, 0) is 20.7 Å². The van der Waals surface area contributed by atoms with Crippen molar-refractivity contribution < 1.29 is 28.6 Å². The Bertz CT molecular complexity index is 1320. The Balaban J connectivity index is 1.76. The maximum Gasteiger partial charge on any atom is 0.351 e. The van der Waals surface area contributed by atoms with Gasteiger partial charge >= 0.3 is 17.6 Å². The van der Waals surface area contributed by atoms with Gasteiger partial charge < -0.3 is 19.0 Å². The number of ether oxygens (including phenoxy) is 2. The molecule has 0 aliphatic rings. The molecule has 0 aliphatic carbocycles. The fourth-order valence-electron chi connectivity index (χ4n) is 4.81. The van der Waals surface area contributed by atoms with Crippen LogP contribution in [0.25, 0.3) is 11.0 Å². The first-order valence-electron chi connectivity index (χ1n) is 14.5. The van der Waals surface area contributed by atoms with Crippen molar-refractivity contribution in [3.05, 3.63) is 75.6 Å². The molecule has 0 spiro atoms. The number of methoxy groups -OCH3 is 2. The molecule has 2 aromatic carbocycles. The number of hydrogen-bond acceptors (Lipinski definition) is 8. The van der Waals surface area contributed by atoms with E-state index in [1.54, 1.807) is 6.07 Å². The number of aliphatic hydroxyl groups is 1. The van der Waals surface area contributed by atoms with Gasteiger partial charge in [0.05, 0.1) is 25.6 Å². The van der Waals surface area contributed by atoms with E-state index in [1.165, 1.54) is 82.6 Å². The zero-order chi connectivity index (χ0) is 29.6. The second-order valence-electron chi connectivity index (χ2n) is 10.3. The van der Waals surface area contributed by atoms with Crippen molar-refractivity contribution in [3.8, 4) is 0 Å². The first-order valence-corrected chi connectivity index (χ1v) is 15.4. The molecule has 1 heterocycles. The van der Waals surface area contributed by atoms with Gasteiger partial charge in [0.2, 0.25) is 0 Å². The molecule has 2 atom stereocenters. The number of fused-ring (bicyclic) bond motifs is 1. The largest absolute Gasteiger partial charge is 0.469 e. The molecule has 0 saturated heterocycles. The molecule has 0 bridgehead atoms. The van der Waals surface area contributed by atoms with E-state index in [2.05, 4.69) is 31.2 Å². The summed E-state index contributed by atoms with van der Waals surface area (Å²) in [5.41, 5.74) is 1.70. The number of benzene rings is 2. The number of hydrogen-bond donors (Lipinski definition) is 1. The molecule has 0 amide bonds. The number of carbonyl (C=O) groups is 2. The fraction of sp³-hybridized carbons (Fsp3) is 0.485. The van der Waals surface area contributed by atoms with Gasteiger partial charge in [-0.25, -0.2) is 9.59 Å². The third-order valence-corrected chi connectivity index (χ3v) is 8.57. The summed E-state index contributed by atoms with van der Waals surface area (Å²) in [5, 5.41) is 11.5. The van der Waals surface area contributed by atoms with Crippen LogP contribution in [-0.4, -0.2) is 37.4 Å². The van der Waals surface area contributed by atoms with Crippen LogP contribution in [0.5, 0.6) is 0 Å². The predicted molar refractivity (Wildman–Crippen MR) is 162 cm³/mol. The van der Waals surface area contributed by atoms with Crippen LogP contribution in [0.4, 0.5) is 0 Å². The van der Waals surface area contributed by atoms with Gasteiger partial charge in [-0.1, -0.05) is 69.7 Å². The van der Waals surface area contributed by atoms with E-state index >= 15 is 0 Å². The summed E-state index contributed by atoms with van der Waals surface area (Å²) >= 11 is 1.49. The second kappa shape index (κ2) is 17.0. The van der Waals surface area contributed by atoms with Crippen LogP contribution < -0.4 is 5.63 Å². The van der Waals surface area contributed by atoms with E-state index < -0.39 is 17.7 Å². The van der Waals surface area contributed by atoms with Crippen molar-refractivity contribution in [1.82, 2.24) is 0 Å². The van der Waals surface area contributed by atoms with Gasteiger partial charge in [0.1, 0.15) is 11.1 Å². The van der Waals surface area contributed by atoms with Gasteiger partial charge in [-0.15, -0.1) is 11.8 Å². The number of carbonyl (C=O) groups excluding carboxylic acids is 2. The van der Waals surface area contributed by atoms with Crippen molar-refractivity contribution in [2.45, 2.75) is 93.8 Å². The van der Waals surface area contributed by atoms with Gasteiger partial charge in [-0.3, -0.25) is 4.79 Å². The molecule has 7 nitrogen and oxygen atoms in total. The minimum atomic E-state index is -0.755. The lowest BCUT2D eigenvalue weighted by Gasteiger charge is -2.23. The molecule has 1 aromatic heterocycles. The lowest BCUT2D eigenvalue weighted by molar-refractivity contribution is -0.140. The second-order valence-corrected chi connectivity index (χ2v) is 11.5. The van der Waals surface area contributed by atoms with Crippen LogP contribution in [0.15, 0.2) is 62.6 Å². The van der Waals surface area contributed by atoms with Gasteiger partial charge in [0, 0.05) is 16.7 Å². The Labute approximate surface area is 246 Å². The van der Waals surface area contributed by atoms with E-state index in [1.807, 2.05) is 12.1 Å². The maximum atomic E-state index is 12.2. The first-order chi connectivity index (χ1) is 19.9.